The molecule has 0 aliphatic rings. The van der Waals surface area contributed by atoms with E-state index in [1.165, 1.54) is 37.3 Å². The van der Waals surface area contributed by atoms with Crippen molar-refractivity contribution in [3.8, 4) is 11.4 Å². The third-order valence-electron chi connectivity index (χ3n) is 5.78. The fraction of sp³-hybridized carbons (Fsp3) is 0.308. The van der Waals surface area contributed by atoms with E-state index < -0.39 is 38.3 Å². The summed E-state index contributed by atoms with van der Waals surface area (Å²) in [6.07, 6.45) is -4.63. The quantitative estimate of drug-likeness (QED) is 0.419. The van der Waals surface area contributed by atoms with E-state index >= 15 is 0 Å². The Morgan fingerprint density at radius 1 is 1.11 bits per heavy atom. The number of halogens is 3. The minimum atomic E-state index is -4.63. The third kappa shape index (κ3) is 6.25. The van der Waals surface area contributed by atoms with Crippen LogP contribution in [0.4, 0.5) is 13.2 Å². The molecule has 0 spiro atoms. The lowest BCUT2D eigenvalue weighted by molar-refractivity contribution is -0.137. The second kappa shape index (κ2) is 11.4. The molecule has 2 aromatic carbocycles. The number of rotatable bonds is 9. The summed E-state index contributed by atoms with van der Waals surface area (Å²) in [5.74, 6) is -0.673. The predicted molar refractivity (Wildman–Crippen MR) is 136 cm³/mol. The molecule has 1 aromatic heterocycles. The van der Waals surface area contributed by atoms with Gasteiger partial charge in [0.05, 0.1) is 21.4 Å². The minimum Gasteiger partial charge on any atom is -0.490 e. The van der Waals surface area contributed by atoms with Crippen LogP contribution in [0.2, 0.25) is 0 Å². The summed E-state index contributed by atoms with van der Waals surface area (Å²) < 4.78 is 71.1. The Labute approximate surface area is 218 Å². The summed E-state index contributed by atoms with van der Waals surface area (Å²) in [6.45, 7) is 4.78. The van der Waals surface area contributed by atoms with Crippen LogP contribution >= 0.6 is 0 Å². The van der Waals surface area contributed by atoms with E-state index in [1.54, 1.807) is 26.0 Å². The standard InChI is InChI=1S/C26H28F3N3O5S/c1-16(2)38(35,36)21-9-7-18(8-10-21)15-31-24(33)22-14-23(37-12-11-30)17(3)32(25(22)34)20-6-4-5-19(13-20)26(27,28)29/h4-10,13-14,16H,11-12,15,30H2,1-3H3,(H,31,33). The van der Waals surface area contributed by atoms with Crippen LogP contribution in [0.25, 0.3) is 5.69 Å². The van der Waals surface area contributed by atoms with Gasteiger partial charge in [-0.25, -0.2) is 8.42 Å². The van der Waals surface area contributed by atoms with Crippen LogP contribution in [0, 0.1) is 6.92 Å². The van der Waals surface area contributed by atoms with Crippen LogP contribution in [0.15, 0.2) is 64.3 Å². The zero-order valence-electron chi connectivity index (χ0n) is 21.0. The smallest absolute Gasteiger partial charge is 0.416 e. The van der Waals surface area contributed by atoms with Gasteiger partial charge < -0.3 is 15.8 Å². The largest absolute Gasteiger partial charge is 0.490 e. The lowest BCUT2D eigenvalue weighted by Gasteiger charge is -2.18. The van der Waals surface area contributed by atoms with Gasteiger partial charge in [0.15, 0.2) is 9.84 Å². The minimum absolute atomic E-state index is 0.0310. The Morgan fingerprint density at radius 2 is 1.76 bits per heavy atom. The van der Waals surface area contributed by atoms with Gasteiger partial charge in [-0.15, -0.1) is 0 Å². The number of pyridine rings is 1. The number of aromatic nitrogens is 1. The van der Waals surface area contributed by atoms with Crippen molar-refractivity contribution in [3.63, 3.8) is 0 Å². The molecule has 0 aliphatic carbocycles. The highest BCUT2D eigenvalue weighted by molar-refractivity contribution is 7.92. The fourth-order valence-corrected chi connectivity index (χ4v) is 4.70. The summed E-state index contributed by atoms with van der Waals surface area (Å²) in [5, 5.41) is 2.00. The Morgan fingerprint density at radius 3 is 2.34 bits per heavy atom. The molecule has 38 heavy (non-hydrogen) atoms. The van der Waals surface area contributed by atoms with Gasteiger partial charge in [-0.2, -0.15) is 13.2 Å². The summed E-state index contributed by atoms with van der Waals surface area (Å²) >= 11 is 0. The molecule has 3 N–H and O–H groups in total. The molecular formula is C26H28F3N3O5S. The zero-order valence-corrected chi connectivity index (χ0v) is 21.8. The summed E-state index contributed by atoms with van der Waals surface area (Å²) in [7, 11) is -3.46. The van der Waals surface area contributed by atoms with E-state index in [2.05, 4.69) is 5.32 Å². The maximum absolute atomic E-state index is 13.3. The number of hydrogen-bond acceptors (Lipinski definition) is 6. The first-order valence-corrected chi connectivity index (χ1v) is 13.2. The van der Waals surface area contributed by atoms with E-state index in [0.29, 0.717) is 5.56 Å². The average molecular weight is 552 g/mol. The Balaban J connectivity index is 1.97. The number of hydrogen-bond donors (Lipinski definition) is 2. The number of carbonyl (C=O) groups excluding carboxylic acids is 1. The van der Waals surface area contributed by atoms with Gasteiger partial charge in [-0.05, 0) is 56.7 Å². The first-order chi connectivity index (χ1) is 17.8. The van der Waals surface area contributed by atoms with Crippen molar-refractivity contribution in [2.24, 2.45) is 5.73 Å². The number of benzene rings is 2. The van der Waals surface area contributed by atoms with Crippen LogP contribution in [-0.2, 0) is 22.6 Å². The molecule has 3 aromatic rings. The number of amides is 1. The third-order valence-corrected chi connectivity index (χ3v) is 7.95. The molecule has 0 unspecified atom stereocenters. The fourth-order valence-electron chi connectivity index (χ4n) is 3.64. The van der Waals surface area contributed by atoms with Crippen LogP contribution in [-0.4, -0.2) is 37.3 Å². The molecule has 12 heteroatoms. The molecule has 1 heterocycles. The number of nitrogens with one attached hydrogen (secondary N) is 1. The van der Waals surface area contributed by atoms with E-state index in [4.69, 9.17) is 10.5 Å². The molecule has 0 fully saturated rings. The second-order valence-electron chi connectivity index (χ2n) is 8.75. The number of ether oxygens (including phenoxy) is 1. The molecule has 0 atom stereocenters. The molecule has 0 bridgehead atoms. The number of carbonyl (C=O) groups is 1. The van der Waals surface area contributed by atoms with E-state index in [-0.39, 0.29) is 47.3 Å². The van der Waals surface area contributed by atoms with Crippen LogP contribution in [0.5, 0.6) is 5.75 Å². The lowest BCUT2D eigenvalue weighted by Crippen LogP contribution is -2.33. The molecule has 204 valence electrons. The number of sulfone groups is 1. The van der Waals surface area contributed by atoms with E-state index in [9.17, 15) is 31.2 Å². The monoisotopic (exact) mass is 551 g/mol. The normalized spacial score (nSPS) is 12.0. The van der Waals surface area contributed by atoms with Gasteiger partial charge in [-0.1, -0.05) is 18.2 Å². The van der Waals surface area contributed by atoms with Crippen molar-refractivity contribution in [3.05, 3.63) is 87.3 Å². The van der Waals surface area contributed by atoms with Crippen LogP contribution < -0.4 is 21.3 Å². The molecule has 0 radical (unpaired) electrons. The van der Waals surface area contributed by atoms with Crippen molar-refractivity contribution < 1.29 is 31.1 Å². The summed E-state index contributed by atoms with van der Waals surface area (Å²) in [4.78, 5) is 26.5. The van der Waals surface area contributed by atoms with E-state index in [1.807, 2.05) is 0 Å². The van der Waals surface area contributed by atoms with Gasteiger partial charge in [0, 0.05) is 24.8 Å². The SMILES string of the molecule is Cc1c(OCCN)cc(C(=O)NCc2ccc(S(=O)(=O)C(C)C)cc2)c(=O)n1-c1cccc(C(F)(F)F)c1. The van der Waals surface area contributed by atoms with Crippen molar-refractivity contribution in [1.82, 2.24) is 9.88 Å². The molecule has 3 rings (SSSR count). The maximum Gasteiger partial charge on any atom is 0.416 e. The lowest BCUT2D eigenvalue weighted by atomic mass is 10.1. The zero-order chi connectivity index (χ0) is 28.3. The number of nitrogens with zero attached hydrogens (tertiary/aromatic N) is 1. The van der Waals surface area contributed by atoms with Crippen molar-refractivity contribution in [2.75, 3.05) is 13.2 Å². The first-order valence-electron chi connectivity index (χ1n) is 11.7. The molecule has 1 amide bonds. The maximum atomic E-state index is 13.3. The van der Waals surface area contributed by atoms with Crippen molar-refractivity contribution >= 4 is 15.7 Å². The first kappa shape index (κ1) is 28.9. The summed E-state index contributed by atoms with van der Waals surface area (Å²) in [5.41, 5.74) is 4.05. The molecule has 8 nitrogen and oxygen atoms in total. The summed E-state index contributed by atoms with van der Waals surface area (Å²) in [6, 6.07) is 11.4. The number of alkyl halides is 3. The van der Waals surface area contributed by atoms with Gasteiger partial charge in [-0.3, -0.25) is 14.2 Å². The van der Waals surface area contributed by atoms with E-state index in [0.717, 1.165) is 16.7 Å². The van der Waals surface area contributed by atoms with Gasteiger partial charge in [0.25, 0.3) is 11.5 Å². The highest BCUT2D eigenvalue weighted by Gasteiger charge is 2.31. The van der Waals surface area contributed by atoms with Crippen LogP contribution in [0.3, 0.4) is 0 Å². The average Bonchev–Trinajstić information content (AvgIpc) is 2.86. The second-order valence-corrected chi connectivity index (χ2v) is 11.3. The molecule has 0 saturated heterocycles. The highest BCUT2D eigenvalue weighted by Crippen LogP contribution is 2.31. The molecule has 0 aliphatic heterocycles. The van der Waals surface area contributed by atoms with Crippen molar-refractivity contribution in [1.29, 1.82) is 0 Å². The van der Waals surface area contributed by atoms with Gasteiger partial charge in [0.2, 0.25) is 0 Å². The molecular weight excluding hydrogens is 523 g/mol. The Bertz CT molecular complexity index is 1480. The predicted octanol–water partition coefficient (Wildman–Crippen LogP) is 3.61. The Hall–Kier alpha value is -3.64. The topological polar surface area (TPSA) is 120 Å². The van der Waals surface area contributed by atoms with Gasteiger partial charge in [0.1, 0.15) is 17.9 Å². The Kier molecular flexibility index (Phi) is 8.68. The number of nitrogens with two attached hydrogens (primary N) is 1. The van der Waals surface area contributed by atoms with Crippen molar-refractivity contribution in [2.45, 2.75) is 43.6 Å². The molecule has 0 saturated carbocycles. The van der Waals surface area contributed by atoms with Crippen LogP contribution in [0.1, 0.15) is 41.0 Å². The highest BCUT2D eigenvalue weighted by atomic mass is 32.2. The van der Waals surface area contributed by atoms with Gasteiger partial charge >= 0.3 is 6.18 Å².